The number of para-hydroxylation sites is 1. The van der Waals surface area contributed by atoms with Crippen LogP contribution in [-0.4, -0.2) is 35.1 Å². The van der Waals surface area contributed by atoms with E-state index in [2.05, 4.69) is 15.6 Å². The lowest BCUT2D eigenvalue weighted by Gasteiger charge is -2.12. The van der Waals surface area contributed by atoms with Crippen LogP contribution in [0.3, 0.4) is 0 Å². The summed E-state index contributed by atoms with van der Waals surface area (Å²) in [5, 5.41) is 15.6. The van der Waals surface area contributed by atoms with Crippen LogP contribution in [0.5, 0.6) is 0 Å². The molecular formula is C15H17N3O3. The zero-order chi connectivity index (χ0) is 15.2. The van der Waals surface area contributed by atoms with Crippen LogP contribution < -0.4 is 10.6 Å². The number of aromatic carboxylic acids is 1. The number of nitrogens with one attached hydrogen (secondary N) is 2. The first-order valence-electron chi connectivity index (χ1n) is 6.75. The number of hydrogen-bond acceptors (Lipinski definition) is 4. The van der Waals surface area contributed by atoms with Gasteiger partial charge in [0.1, 0.15) is 5.56 Å². The second-order valence-corrected chi connectivity index (χ2v) is 4.57. The molecule has 0 aliphatic heterocycles. The Balaban J connectivity index is 2.29. The van der Waals surface area contributed by atoms with Crippen LogP contribution >= 0.6 is 0 Å². The van der Waals surface area contributed by atoms with Gasteiger partial charge in [0.05, 0.1) is 17.7 Å². The number of nitrogens with zero attached hydrogens (tertiary/aromatic N) is 1. The quantitative estimate of drug-likeness (QED) is 0.754. The van der Waals surface area contributed by atoms with Crippen molar-refractivity contribution in [1.29, 1.82) is 0 Å². The molecule has 1 aromatic carbocycles. The van der Waals surface area contributed by atoms with E-state index in [1.807, 2.05) is 13.0 Å². The number of pyridine rings is 1. The van der Waals surface area contributed by atoms with E-state index in [-0.39, 0.29) is 18.0 Å². The van der Waals surface area contributed by atoms with Gasteiger partial charge in [0, 0.05) is 18.1 Å². The van der Waals surface area contributed by atoms with Gasteiger partial charge in [-0.15, -0.1) is 0 Å². The van der Waals surface area contributed by atoms with Crippen molar-refractivity contribution < 1.29 is 14.7 Å². The zero-order valence-corrected chi connectivity index (χ0v) is 11.7. The summed E-state index contributed by atoms with van der Waals surface area (Å²) in [6, 6.07) is 7.20. The van der Waals surface area contributed by atoms with Crippen molar-refractivity contribution in [2.45, 2.75) is 13.3 Å². The molecule has 3 N–H and O–H groups in total. The first kappa shape index (κ1) is 14.8. The summed E-state index contributed by atoms with van der Waals surface area (Å²) in [4.78, 5) is 27.1. The maximum atomic E-state index is 11.7. The third kappa shape index (κ3) is 3.47. The molecule has 0 radical (unpaired) electrons. The van der Waals surface area contributed by atoms with Crippen LogP contribution in [-0.2, 0) is 4.79 Å². The molecule has 1 amide bonds. The summed E-state index contributed by atoms with van der Waals surface area (Å²) < 4.78 is 0. The summed E-state index contributed by atoms with van der Waals surface area (Å²) in [7, 11) is 0. The number of carboxylic acids is 1. The summed E-state index contributed by atoms with van der Waals surface area (Å²) in [5.74, 6) is -1.25. The van der Waals surface area contributed by atoms with Gasteiger partial charge < -0.3 is 15.7 Å². The van der Waals surface area contributed by atoms with E-state index in [1.165, 1.54) is 6.20 Å². The topological polar surface area (TPSA) is 91.3 Å². The van der Waals surface area contributed by atoms with Crippen molar-refractivity contribution in [1.82, 2.24) is 10.3 Å². The molecule has 110 valence electrons. The molecule has 2 rings (SSSR count). The minimum absolute atomic E-state index is 0.0221. The number of amides is 1. The fourth-order valence-corrected chi connectivity index (χ4v) is 1.99. The van der Waals surface area contributed by atoms with Gasteiger partial charge in [0.2, 0.25) is 5.91 Å². The Kier molecular flexibility index (Phi) is 4.71. The third-order valence-electron chi connectivity index (χ3n) is 3.00. The highest BCUT2D eigenvalue weighted by atomic mass is 16.4. The first-order chi connectivity index (χ1) is 10.1. The Morgan fingerprint density at radius 3 is 2.76 bits per heavy atom. The van der Waals surface area contributed by atoms with Crippen molar-refractivity contribution in [3.05, 3.63) is 36.0 Å². The summed E-state index contributed by atoms with van der Waals surface area (Å²) in [6.07, 6.45) is 2.15. The Hall–Kier alpha value is -2.63. The molecule has 0 bridgehead atoms. The normalized spacial score (nSPS) is 10.3. The second kappa shape index (κ2) is 6.69. The fraction of sp³-hybridized carbons (Fsp3) is 0.267. The standard InChI is InChI=1S/C15H17N3O3/c1-2-7-16-13(19)9-18-14-10-5-3-4-6-12(10)17-8-11(14)15(20)21/h3-6,8H,2,7,9H2,1H3,(H,16,19)(H,17,18)(H,20,21). The van der Waals surface area contributed by atoms with Gasteiger partial charge in [-0.3, -0.25) is 9.78 Å². The van der Waals surface area contributed by atoms with Crippen LogP contribution in [0.2, 0.25) is 0 Å². The molecular weight excluding hydrogens is 270 g/mol. The average molecular weight is 287 g/mol. The third-order valence-corrected chi connectivity index (χ3v) is 3.00. The van der Waals surface area contributed by atoms with Crippen molar-refractivity contribution >= 4 is 28.5 Å². The average Bonchev–Trinajstić information content (AvgIpc) is 2.50. The van der Waals surface area contributed by atoms with Crippen LogP contribution in [0.25, 0.3) is 10.9 Å². The Labute approximate surface area is 122 Å². The molecule has 0 atom stereocenters. The van der Waals surface area contributed by atoms with Crippen molar-refractivity contribution in [2.24, 2.45) is 0 Å². The van der Waals surface area contributed by atoms with Crippen LogP contribution in [0.1, 0.15) is 23.7 Å². The highest BCUT2D eigenvalue weighted by molar-refractivity contribution is 6.04. The van der Waals surface area contributed by atoms with E-state index in [4.69, 9.17) is 0 Å². The van der Waals surface area contributed by atoms with Crippen LogP contribution in [0.15, 0.2) is 30.5 Å². The van der Waals surface area contributed by atoms with Gasteiger partial charge in [0.15, 0.2) is 0 Å². The van der Waals surface area contributed by atoms with Gasteiger partial charge in [-0.1, -0.05) is 25.1 Å². The highest BCUT2D eigenvalue weighted by Gasteiger charge is 2.15. The van der Waals surface area contributed by atoms with Gasteiger partial charge >= 0.3 is 5.97 Å². The number of rotatable bonds is 6. The van der Waals surface area contributed by atoms with E-state index in [9.17, 15) is 14.7 Å². The molecule has 0 saturated heterocycles. The van der Waals surface area contributed by atoms with Crippen molar-refractivity contribution in [3.8, 4) is 0 Å². The van der Waals surface area contributed by atoms with E-state index in [0.29, 0.717) is 23.1 Å². The SMILES string of the molecule is CCCNC(=O)CNc1c(C(=O)O)cnc2ccccc12. The van der Waals surface area contributed by atoms with E-state index in [1.54, 1.807) is 18.2 Å². The van der Waals surface area contributed by atoms with Crippen LogP contribution in [0, 0.1) is 0 Å². The number of benzene rings is 1. The lowest BCUT2D eigenvalue weighted by Crippen LogP contribution is -2.30. The maximum absolute atomic E-state index is 11.7. The lowest BCUT2D eigenvalue weighted by atomic mass is 10.1. The first-order valence-corrected chi connectivity index (χ1v) is 6.75. The smallest absolute Gasteiger partial charge is 0.339 e. The molecule has 0 aliphatic rings. The summed E-state index contributed by atoms with van der Waals surface area (Å²) in [5.41, 5.74) is 1.15. The molecule has 6 heteroatoms. The van der Waals surface area contributed by atoms with Gasteiger partial charge in [-0.2, -0.15) is 0 Å². The van der Waals surface area contributed by atoms with Crippen molar-refractivity contribution in [3.63, 3.8) is 0 Å². The molecule has 0 aliphatic carbocycles. The van der Waals surface area contributed by atoms with Gasteiger partial charge in [0.25, 0.3) is 0 Å². The van der Waals surface area contributed by atoms with E-state index in [0.717, 1.165) is 6.42 Å². The predicted molar refractivity (Wildman–Crippen MR) is 80.5 cm³/mol. The molecule has 21 heavy (non-hydrogen) atoms. The number of hydrogen-bond donors (Lipinski definition) is 3. The summed E-state index contributed by atoms with van der Waals surface area (Å²) >= 11 is 0. The monoisotopic (exact) mass is 287 g/mol. The summed E-state index contributed by atoms with van der Waals surface area (Å²) in [6.45, 7) is 2.59. The number of carbonyl (C=O) groups is 2. The van der Waals surface area contributed by atoms with E-state index >= 15 is 0 Å². The fourth-order valence-electron chi connectivity index (χ4n) is 1.99. The van der Waals surface area contributed by atoms with Gasteiger partial charge in [-0.05, 0) is 12.5 Å². The molecule has 0 spiro atoms. The predicted octanol–water partition coefficient (Wildman–Crippen LogP) is 1.87. The van der Waals surface area contributed by atoms with Gasteiger partial charge in [-0.25, -0.2) is 4.79 Å². The number of anilines is 1. The minimum atomic E-state index is -1.08. The molecule has 1 heterocycles. The molecule has 1 aromatic heterocycles. The van der Waals surface area contributed by atoms with Crippen molar-refractivity contribution in [2.75, 3.05) is 18.4 Å². The highest BCUT2D eigenvalue weighted by Crippen LogP contribution is 2.25. The second-order valence-electron chi connectivity index (χ2n) is 4.57. The molecule has 6 nitrogen and oxygen atoms in total. The Morgan fingerprint density at radius 1 is 1.29 bits per heavy atom. The molecule has 0 fully saturated rings. The molecule has 0 unspecified atom stereocenters. The van der Waals surface area contributed by atoms with Crippen LogP contribution in [0.4, 0.5) is 5.69 Å². The maximum Gasteiger partial charge on any atom is 0.339 e. The zero-order valence-electron chi connectivity index (χ0n) is 11.7. The number of aromatic nitrogens is 1. The molecule has 0 saturated carbocycles. The van der Waals surface area contributed by atoms with E-state index < -0.39 is 5.97 Å². The minimum Gasteiger partial charge on any atom is -0.478 e. The Bertz CT molecular complexity index is 670. The number of carboxylic acid groups (broad SMARTS) is 1. The molecule has 2 aromatic rings. The number of carbonyl (C=O) groups excluding carboxylic acids is 1. The Morgan fingerprint density at radius 2 is 2.05 bits per heavy atom. The number of fused-ring (bicyclic) bond motifs is 1. The lowest BCUT2D eigenvalue weighted by molar-refractivity contribution is -0.119. The largest absolute Gasteiger partial charge is 0.478 e.